The van der Waals surface area contributed by atoms with Gasteiger partial charge in [-0.2, -0.15) is 0 Å². The van der Waals surface area contributed by atoms with E-state index in [1.165, 1.54) is 12.0 Å². The third kappa shape index (κ3) is 2.83. The Kier molecular flexibility index (Phi) is 3.80. The van der Waals surface area contributed by atoms with Crippen LogP contribution in [0.2, 0.25) is 0 Å². The molecule has 1 aliphatic heterocycles. The highest BCUT2D eigenvalue weighted by molar-refractivity contribution is 5.11. The van der Waals surface area contributed by atoms with Crippen LogP contribution in [0.25, 0.3) is 0 Å². The highest BCUT2D eigenvalue weighted by Gasteiger charge is 2.21. The number of rotatable bonds is 5. The summed E-state index contributed by atoms with van der Waals surface area (Å²) >= 11 is 0. The van der Waals surface area contributed by atoms with E-state index in [2.05, 4.69) is 12.2 Å². The number of furan rings is 1. The molecule has 0 amide bonds. The zero-order chi connectivity index (χ0) is 10.5. The summed E-state index contributed by atoms with van der Waals surface area (Å²) in [5, 5.41) is 3.50. The van der Waals surface area contributed by atoms with Crippen molar-refractivity contribution in [3.63, 3.8) is 0 Å². The van der Waals surface area contributed by atoms with E-state index in [4.69, 9.17) is 9.15 Å². The standard InChI is InChI=1S/C12H19NO2/c1-2-13-12(11-4-6-15-9-11)7-10-3-5-14-8-10/h4,6,9-10,12-13H,2-3,5,7-8H2,1H3. The Morgan fingerprint density at radius 1 is 1.60 bits per heavy atom. The molecule has 3 nitrogen and oxygen atoms in total. The smallest absolute Gasteiger partial charge is 0.0950 e. The van der Waals surface area contributed by atoms with Crippen molar-refractivity contribution >= 4 is 0 Å². The van der Waals surface area contributed by atoms with Gasteiger partial charge in [0.1, 0.15) is 0 Å². The van der Waals surface area contributed by atoms with E-state index in [1.54, 1.807) is 6.26 Å². The minimum Gasteiger partial charge on any atom is -0.472 e. The van der Waals surface area contributed by atoms with Crippen LogP contribution in [-0.4, -0.2) is 19.8 Å². The Morgan fingerprint density at radius 2 is 2.53 bits per heavy atom. The first-order valence-corrected chi connectivity index (χ1v) is 5.73. The Bertz CT molecular complexity index is 265. The van der Waals surface area contributed by atoms with Gasteiger partial charge in [-0.05, 0) is 31.4 Å². The molecule has 15 heavy (non-hydrogen) atoms. The average Bonchev–Trinajstić information content (AvgIpc) is 2.89. The van der Waals surface area contributed by atoms with Gasteiger partial charge in [-0.3, -0.25) is 0 Å². The molecule has 84 valence electrons. The maximum Gasteiger partial charge on any atom is 0.0950 e. The molecule has 0 aliphatic carbocycles. The Balaban J connectivity index is 1.93. The second kappa shape index (κ2) is 5.33. The first-order chi connectivity index (χ1) is 7.40. The molecule has 2 rings (SSSR count). The van der Waals surface area contributed by atoms with Crippen LogP contribution in [0.5, 0.6) is 0 Å². The zero-order valence-corrected chi connectivity index (χ0v) is 9.24. The van der Waals surface area contributed by atoms with E-state index < -0.39 is 0 Å². The quantitative estimate of drug-likeness (QED) is 0.808. The fraction of sp³-hybridized carbons (Fsp3) is 0.667. The largest absolute Gasteiger partial charge is 0.472 e. The summed E-state index contributed by atoms with van der Waals surface area (Å²) < 4.78 is 10.5. The second-order valence-corrected chi connectivity index (χ2v) is 4.13. The van der Waals surface area contributed by atoms with Gasteiger partial charge >= 0.3 is 0 Å². The van der Waals surface area contributed by atoms with Gasteiger partial charge in [0.2, 0.25) is 0 Å². The third-order valence-electron chi connectivity index (χ3n) is 2.99. The molecule has 1 aliphatic rings. The number of ether oxygens (including phenoxy) is 1. The van der Waals surface area contributed by atoms with Gasteiger partial charge in [0.15, 0.2) is 0 Å². The molecule has 1 fully saturated rings. The Morgan fingerprint density at radius 3 is 3.13 bits per heavy atom. The van der Waals surface area contributed by atoms with E-state index in [9.17, 15) is 0 Å². The minimum absolute atomic E-state index is 0.417. The lowest BCUT2D eigenvalue weighted by atomic mass is 9.95. The van der Waals surface area contributed by atoms with Crippen molar-refractivity contribution in [1.82, 2.24) is 5.32 Å². The monoisotopic (exact) mass is 209 g/mol. The third-order valence-corrected chi connectivity index (χ3v) is 2.99. The molecule has 3 heteroatoms. The predicted molar refractivity (Wildman–Crippen MR) is 58.7 cm³/mol. The Hall–Kier alpha value is -0.800. The summed E-state index contributed by atoms with van der Waals surface area (Å²) in [4.78, 5) is 0. The van der Waals surface area contributed by atoms with Crippen molar-refractivity contribution in [3.05, 3.63) is 24.2 Å². The molecule has 0 bridgehead atoms. The molecular weight excluding hydrogens is 190 g/mol. The topological polar surface area (TPSA) is 34.4 Å². The SMILES string of the molecule is CCNC(CC1CCOC1)c1ccoc1. The molecular formula is C12H19NO2. The van der Waals surface area contributed by atoms with Crippen LogP contribution in [0.15, 0.2) is 23.0 Å². The van der Waals surface area contributed by atoms with Crippen molar-refractivity contribution in [3.8, 4) is 0 Å². The summed E-state index contributed by atoms with van der Waals surface area (Å²) in [5.41, 5.74) is 1.25. The maximum absolute atomic E-state index is 5.40. The Labute approximate surface area is 90.8 Å². The molecule has 1 aromatic heterocycles. The molecule has 0 spiro atoms. The van der Waals surface area contributed by atoms with Gasteiger partial charge in [0, 0.05) is 24.8 Å². The lowest BCUT2D eigenvalue weighted by Crippen LogP contribution is -2.23. The molecule has 0 saturated carbocycles. The highest BCUT2D eigenvalue weighted by Crippen LogP contribution is 2.26. The van der Waals surface area contributed by atoms with Gasteiger partial charge in [0.05, 0.1) is 12.5 Å². The molecule has 1 N–H and O–H groups in total. The lowest BCUT2D eigenvalue weighted by molar-refractivity contribution is 0.181. The number of hydrogen-bond donors (Lipinski definition) is 1. The van der Waals surface area contributed by atoms with Gasteiger partial charge in [-0.25, -0.2) is 0 Å². The van der Waals surface area contributed by atoms with E-state index in [0.29, 0.717) is 12.0 Å². The average molecular weight is 209 g/mol. The highest BCUT2D eigenvalue weighted by atomic mass is 16.5. The van der Waals surface area contributed by atoms with Gasteiger partial charge in [0.25, 0.3) is 0 Å². The summed E-state index contributed by atoms with van der Waals surface area (Å²) in [5.74, 6) is 0.698. The normalized spacial score (nSPS) is 23.1. The van der Waals surface area contributed by atoms with Crippen molar-refractivity contribution in [2.45, 2.75) is 25.8 Å². The first-order valence-electron chi connectivity index (χ1n) is 5.73. The van der Waals surface area contributed by atoms with E-state index >= 15 is 0 Å². The molecule has 0 radical (unpaired) electrons. The molecule has 2 atom stereocenters. The summed E-state index contributed by atoms with van der Waals surface area (Å²) in [6.07, 6.45) is 5.92. The van der Waals surface area contributed by atoms with Gasteiger partial charge < -0.3 is 14.5 Å². The molecule has 2 unspecified atom stereocenters. The minimum atomic E-state index is 0.417. The molecule has 2 heterocycles. The van der Waals surface area contributed by atoms with Crippen LogP contribution >= 0.6 is 0 Å². The van der Waals surface area contributed by atoms with Crippen LogP contribution in [-0.2, 0) is 4.74 Å². The fourth-order valence-corrected chi connectivity index (χ4v) is 2.16. The first kappa shape index (κ1) is 10.7. The number of nitrogens with one attached hydrogen (secondary N) is 1. The van der Waals surface area contributed by atoms with Crippen molar-refractivity contribution in [1.29, 1.82) is 0 Å². The lowest BCUT2D eigenvalue weighted by Gasteiger charge is -2.19. The van der Waals surface area contributed by atoms with Crippen LogP contribution in [0.3, 0.4) is 0 Å². The molecule has 0 aromatic carbocycles. The molecule has 1 saturated heterocycles. The number of hydrogen-bond acceptors (Lipinski definition) is 3. The second-order valence-electron chi connectivity index (χ2n) is 4.13. The van der Waals surface area contributed by atoms with Crippen LogP contribution in [0.4, 0.5) is 0 Å². The zero-order valence-electron chi connectivity index (χ0n) is 9.24. The predicted octanol–water partition coefficient (Wildman–Crippen LogP) is 2.36. The van der Waals surface area contributed by atoms with Crippen molar-refractivity contribution < 1.29 is 9.15 Å². The van der Waals surface area contributed by atoms with Crippen molar-refractivity contribution in [2.24, 2.45) is 5.92 Å². The van der Waals surface area contributed by atoms with Crippen LogP contribution < -0.4 is 5.32 Å². The van der Waals surface area contributed by atoms with Gasteiger partial charge in [-0.15, -0.1) is 0 Å². The summed E-state index contributed by atoms with van der Waals surface area (Å²) in [6, 6.07) is 2.46. The van der Waals surface area contributed by atoms with Gasteiger partial charge in [-0.1, -0.05) is 6.92 Å². The van der Waals surface area contributed by atoms with E-state index in [1.807, 2.05) is 12.3 Å². The van der Waals surface area contributed by atoms with Crippen LogP contribution in [0.1, 0.15) is 31.4 Å². The molecule has 1 aromatic rings. The van der Waals surface area contributed by atoms with Crippen LogP contribution in [0, 0.1) is 5.92 Å². The van der Waals surface area contributed by atoms with E-state index in [0.717, 1.165) is 26.2 Å². The van der Waals surface area contributed by atoms with Crippen molar-refractivity contribution in [2.75, 3.05) is 19.8 Å². The fourth-order valence-electron chi connectivity index (χ4n) is 2.16. The summed E-state index contributed by atoms with van der Waals surface area (Å²) in [6.45, 7) is 4.97. The maximum atomic E-state index is 5.40. The van der Waals surface area contributed by atoms with E-state index in [-0.39, 0.29) is 0 Å². The summed E-state index contributed by atoms with van der Waals surface area (Å²) in [7, 11) is 0.